The van der Waals surface area contributed by atoms with E-state index in [2.05, 4.69) is 25.7 Å². The summed E-state index contributed by atoms with van der Waals surface area (Å²) in [6.45, 7) is 1.12. The van der Waals surface area contributed by atoms with E-state index in [1.54, 1.807) is 25.0 Å². The van der Waals surface area contributed by atoms with Gasteiger partial charge in [-0.2, -0.15) is 5.10 Å². The molecule has 0 atom stereocenters. The lowest BCUT2D eigenvalue weighted by atomic mass is 10.4. The van der Waals surface area contributed by atoms with Crippen molar-refractivity contribution in [3.8, 4) is 0 Å². The molecule has 8 heteroatoms. The number of aryl methyl sites for hydroxylation is 1. The Hall–Kier alpha value is -2.22. The van der Waals surface area contributed by atoms with E-state index in [1.165, 1.54) is 6.33 Å². The highest BCUT2D eigenvalue weighted by atomic mass is 16.5. The van der Waals surface area contributed by atoms with Gasteiger partial charge in [0, 0.05) is 20.7 Å². The van der Waals surface area contributed by atoms with Gasteiger partial charge in [0.15, 0.2) is 5.65 Å². The predicted molar refractivity (Wildman–Crippen MR) is 69.7 cm³/mol. The number of aromatic nitrogens is 4. The fourth-order valence-electron chi connectivity index (χ4n) is 1.62. The van der Waals surface area contributed by atoms with Gasteiger partial charge in [-0.15, -0.1) is 0 Å². The fraction of sp³-hybridized carbons (Fsp3) is 0.455. The van der Waals surface area contributed by atoms with Crippen LogP contribution in [0.3, 0.4) is 0 Å². The minimum Gasteiger partial charge on any atom is -0.383 e. The topological polar surface area (TPSA) is 94.0 Å². The Morgan fingerprint density at radius 2 is 2.32 bits per heavy atom. The van der Waals surface area contributed by atoms with Gasteiger partial charge in [-0.25, -0.2) is 9.97 Å². The molecule has 2 rings (SSSR count). The van der Waals surface area contributed by atoms with E-state index in [0.717, 1.165) is 11.0 Å². The molecule has 0 fully saturated rings. The third-order valence-corrected chi connectivity index (χ3v) is 2.57. The van der Waals surface area contributed by atoms with Crippen molar-refractivity contribution < 1.29 is 9.53 Å². The maximum atomic E-state index is 11.5. The fourth-order valence-corrected chi connectivity index (χ4v) is 1.62. The van der Waals surface area contributed by atoms with E-state index in [4.69, 9.17) is 4.74 Å². The average Bonchev–Trinajstić information content (AvgIpc) is 2.79. The van der Waals surface area contributed by atoms with Crippen LogP contribution in [0.5, 0.6) is 0 Å². The van der Waals surface area contributed by atoms with Crippen molar-refractivity contribution in [3.63, 3.8) is 0 Å². The maximum Gasteiger partial charge on any atom is 0.239 e. The summed E-state index contributed by atoms with van der Waals surface area (Å²) >= 11 is 0. The number of carbonyl (C=O) groups is 1. The second-order valence-electron chi connectivity index (χ2n) is 3.92. The summed E-state index contributed by atoms with van der Waals surface area (Å²) in [5, 5.41) is 10.6. The molecule has 8 nitrogen and oxygen atoms in total. The predicted octanol–water partition coefficient (Wildman–Crippen LogP) is -0.462. The van der Waals surface area contributed by atoms with Crippen LogP contribution in [0.4, 0.5) is 5.82 Å². The largest absolute Gasteiger partial charge is 0.383 e. The van der Waals surface area contributed by atoms with Crippen LogP contribution in [0.1, 0.15) is 0 Å². The summed E-state index contributed by atoms with van der Waals surface area (Å²) in [7, 11) is 3.39. The number of methoxy groups -OCH3 is 1. The molecule has 0 radical (unpaired) electrons. The number of rotatable bonds is 6. The van der Waals surface area contributed by atoms with E-state index in [1.807, 2.05) is 0 Å². The normalized spacial score (nSPS) is 10.6. The lowest BCUT2D eigenvalue weighted by molar-refractivity contribution is -0.119. The van der Waals surface area contributed by atoms with Gasteiger partial charge in [0.1, 0.15) is 12.1 Å². The zero-order valence-corrected chi connectivity index (χ0v) is 10.9. The molecule has 0 aliphatic rings. The lowest BCUT2D eigenvalue weighted by Crippen LogP contribution is -2.32. The highest BCUT2D eigenvalue weighted by molar-refractivity contribution is 5.88. The summed E-state index contributed by atoms with van der Waals surface area (Å²) in [5.74, 6) is 0.479. The highest BCUT2D eigenvalue weighted by Crippen LogP contribution is 2.16. The molecule has 0 aromatic carbocycles. The van der Waals surface area contributed by atoms with Gasteiger partial charge in [0.2, 0.25) is 5.91 Å². The van der Waals surface area contributed by atoms with Crippen LogP contribution in [0, 0.1) is 0 Å². The van der Waals surface area contributed by atoms with Crippen molar-refractivity contribution >= 4 is 22.8 Å². The molecule has 19 heavy (non-hydrogen) atoms. The third kappa shape index (κ3) is 3.16. The summed E-state index contributed by atoms with van der Waals surface area (Å²) in [6.07, 6.45) is 3.11. The number of nitrogens with zero attached hydrogens (tertiary/aromatic N) is 4. The standard InChI is InChI=1S/C11H16N6O2/c1-17-11-8(5-16-17)10(14-7-15-11)13-6-9(18)12-3-4-19-2/h5,7H,3-4,6H2,1-2H3,(H,12,18)(H,13,14,15). The van der Waals surface area contributed by atoms with Gasteiger partial charge >= 0.3 is 0 Å². The molecular weight excluding hydrogens is 248 g/mol. The van der Waals surface area contributed by atoms with Gasteiger partial charge in [0.05, 0.1) is 24.7 Å². The van der Waals surface area contributed by atoms with Crippen LogP contribution in [0.25, 0.3) is 11.0 Å². The number of ether oxygens (including phenoxy) is 1. The number of anilines is 1. The van der Waals surface area contributed by atoms with Crippen LogP contribution in [-0.2, 0) is 16.6 Å². The average molecular weight is 264 g/mol. The lowest BCUT2D eigenvalue weighted by Gasteiger charge is -2.07. The maximum absolute atomic E-state index is 11.5. The second-order valence-corrected chi connectivity index (χ2v) is 3.92. The Morgan fingerprint density at radius 3 is 3.11 bits per heavy atom. The molecule has 1 amide bonds. The van der Waals surface area contributed by atoms with E-state index in [9.17, 15) is 4.79 Å². The Morgan fingerprint density at radius 1 is 1.47 bits per heavy atom. The molecule has 0 spiro atoms. The first-order valence-corrected chi connectivity index (χ1v) is 5.84. The van der Waals surface area contributed by atoms with Crippen molar-refractivity contribution in [1.82, 2.24) is 25.1 Å². The van der Waals surface area contributed by atoms with Gasteiger partial charge in [-0.3, -0.25) is 9.48 Å². The number of hydrogen-bond acceptors (Lipinski definition) is 6. The number of fused-ring (bicyclic) bond motifs is 1. The molecule has 2 aromatic heterocycles. The molecule has 0 saturated carbocycles. The Kier molecular flexibility index (Phi) is 4.24. The van der Waals surface area contributed by atoms with Crippen molar-refractivity contribution in [3.05, 3.63) is 12.5 Å². The first-order valence-electron chi connectivity index (χ1n) is 5.84. The van der Waals surface area contributed by atoms with Crippen LogP contribution in [0.15, 0.2) is 12.5 Å². The molecule has 2 N–H and O–H groups in total. The van der Waals surface area contributed by atoms with E-state index >= 15 is 0 Å². The Bertz CT molecular complexity index is 567. The zero-order chi connectivity index (χ0) is 13.7. The summed E-state index contributed by atoms with van der Waals surface area (Å²) in [5.41, 5.74) is 0.720. The zero-order valence-electron chi connectivity index (χ0n) is 10.9. The molecule has 0 bridgehead atoms. The monoisotopic (exact) mass is 264 g/mol. The van der Waals surface area contributed by atoms with Gasteiger partial charge in [0.25, 0.3) is 0 Å². The molecule has 102 valence electrons. The highest BCUT2D eigenvalue weighted by Gasteiger charge is 2.08. The van der Waals surface area contributed by atoms with Crippen LogP contribution >= 0.6 is 0 Å². The number of amides is 1. The molecule has 0 saturated heterocycles. The number of hydrogen-bond donors (Lipinski definition) is 2. The minimum atomic E-state index is -0.118. The number of carbonyl (C=O) groups excluding carboxylic acids is 1. The number of nitrogens with one attached hydrogen (secondary N) is 2. The van der Waals surface area contributed by atoms with Crippen molar-refractivity contribution in [2.45, 2.75) is 0 Å². The van der Waals surface area contributed by atoms with Gasteiger partial charge in [-0.1, -0.05) is 0 Å². The minimum absolute atomic E-state index is 0.118. The smallest absolute Gasteiger partial charge is 0.239 e. The molecule has 2 aromatic rings. The molecule has 2 heterocycles. The quantitative estimate of drug-likeness (QED) is 0.686. The van der Waals surface area contributed by atoms with Crippen molar-refractivity contribution in [2.24, 2.45) is 7.05 Å². The van der Waals surface area contributed by atoms with Crippen LogP contribution in [0.2, 0.25) is 0 Å². The second kappa shape index (κ2) is 6.10. The molecule has 0 aliphatic carbocycles. The van der Waals surface area contributed by atoms with E-state index in [-0.39, 0.29) is 12.5 Å². The Labute approximate surface area is 110 Å². The first-order chi connectivity index (χ1) is 9.22. The summed E-state index contributed by atoms with van der Waals surface area (Å²) in [4.78, 5) is 19.8. The van der Waals surface area contributed by atoms with Crippen molar-refractivity contribution in [1.29, 1.82) is 0 Å². The van der Waals surface area contributed by atoms with Gasteiger partial charge in [-0.05, 0) is 0 Å². The first kappa shape index (κ1) is 13.2. The summed E-state index contributed by atoms with van der Waals surface area (Å²) < 4.78 is 6.50. The third-order valence-electron chi connectivity index (χ3n) is 2.57. The molecule has 0 unspecified atom stereocenters. The molecule has 0 aliphatic heterocycles. The molecular formula is C11H16N6O2. The van der Waals surface area contributed by atoms with E-state index in [0.29, 0.717) is 19.0 Å². The Balaban J connectivity index is 1.96. The van der Waals surface area contributed by atoms with Crippen molar-refractivity contribution in [2.75, 3.05) is 32.1 Å². The van der Waals surface area contributed by atoms with E-state index < -0.39 is 0 Å². The summed E-state index contributed by atoms with van der Waals surface area (Å²) in [6, 6.07) is 0. The van der Waals surface area contributed by atoms with Crippen LogP contribution in [-0.4, -0.2) is 52.5 Å². The van der Waals surface area contributed by atoms with Crippen LogP contribution < -0.4 is 10.6 Å². The SMILES string of the molecule is COCCNC(=O)CNc1ncnc2c1cnn2C. The van der Waals surface area contributed by atoms with Gasteiger partial charge < -0.3 is 15.4 Å².